The zero-order valence-electron chi connectivity index (χ0n) is 12.8. The molecule has 108 valence electrons. The minimum absolute atomic E-state index is 0.339. The van der Waals surface area contributed by atoms with Crippen molar-refractivity contribution in [1.29, 1.82) is 5.26 Å². The molecule has 0 atom stereocenters. The number of hydrogen-bond donors (Lipinski definition) is 0. The van der Waals surface area contributed by atoms with Crippen molar-refractivity contribution in [2.75, 3.05) is 0 Å². The van der Waals surface area contributed by atoms with Gasteiger partial charge in [0.05, 0.1) is 5.69 Å². The minimum atomic E-state index is 0.339. The topological polar surface area (TPSA) is 54.5 Å². The summed E-state index contributed by atoms with van der Waals surface area (Å²) in [6.07, 6.45) is 0. The van der Waals surface area contributed by atoms with E-state index in [-0.39, 0.29) is 0 Å². The van der Waals surface area contributed by atoms with Crippen molar-refractivity contribution in [3.8, 4) is 23.0 Å². The number of nitrogens with zero attached hydrogens (tertiary/aromatic N) is 4. The van der Waals surface area contributed by atoms with E-state index in [9.17, 15) is 5.26 Å². The largest absolute Gasteiger partial charge is 0.211 e. The van der Waals surface area contributed by atoms with Crippen LogP contribution in [0.3, 0.4) is 0 Å². The molecule has 0 N–H and O–H groups in total. The predicted molar refractivity (Wildman–Crippen MR) is 85.7 cm³/mol. The molecule has 3 rings (SSSR count). The summed E-state index contributed by atoms with van der Waals surface area (Å²) in [4.78, 5) is 0. The van der Waals surface area contributed by atoms with Crippen molar-refractivity contribution in [2.24, 2.45) is 0 Å². The highest BCUT2D eigenvalue weighted by atomic mass is 15.4. The fourth-order valence-electron chi connectivity index (χ4n) is 2.47. The highest BCUT2D eigenvalue weighted by Crippen LogP contribution is 2.27. The molecular weight excluding hydrogens is 272 g/mol. The van der Waals surface area contributed by atoms with Crippen molar-refractivity contribution >= 4 is 0 Å². The zero-order chi connectivity index (χ0) is 15.7. The molecule has 0 spiro atoms. The number of benzene rings is 2. The molecule has 4 nitrogen and oxygen atoms in total. The second-order valence-electron chi connectivity index (χ2n) is 5.40. The molecule has 0 unspecified atom stereocenters. The summed E-state index contributed by atoms with van der Waals surface area (Å²) in [6, 6.07) is 16.2. The van der Waals surface area contributed by atoms with Crippen LogP contribution < -0.4 is 0 Å². The molecule has 0 saturated carbocycles. The Balaban J connectivity index is 2.27. The van der Waals surface area contributed by atoms with E-state index < -0.39 is 0 Å². The normalized spacial score (nSPS) is 10.5. The first-order valence-corrected chi connectivity index (χ1v) is 7.11. The molecule has 0 aliphatic carbocycles. The summed E-state index contributed by atoms with van der Waals surface area (Å²) in [5, 5.41) is 17.6. The lowest BCUT2D eigenvalue weighted by Gasteiger charge is -2.10. The van der Waals surface area contributed by atoms with Gasteiger partial charge < -0.3 is 0 Å². The lowest BCUT2D eigenvalue weighted by Crippen LogP contribution is -2.02. The van der Waals surface area contributed by atoms with E-state index in [2.05, 4.69) is 42.4 Å². The first-order chi connectivity index (χ1) is 10.6. The van der Waals surface area contributed by atoms with Crippen LogP contribution in [0.15, 0.2) is 42.5 Å². The van der Waals surface area contributed by atoms with Crippen LogP contribution >= 0.6 is 0 Å². The Morgan fingerprint density at radius 3 is 2.41 bits per heavy atom. The van der Waals surface area contributed by atoms with Gasteiger partial charge in [-0.15, -0.1) is 5.10 Å². The molecule has 2 aromatic carbocycles. The van der Waals surface area contributed by atoms with Crippen molar-refractivity contribution in [2.45, 2.75) is 20.8 Å². The Morgan fingerprint density at radius 1 is 0.955 bits per heavy atom. The van der Waals surface area contributed by atoms with Gasteiger partial charge in [0.15, 0.2) is 5.69 Å². The van der Waals surface area contributed by atoms with Gasteiger partial charge >= 0.3 is 0 Å². The second kappa shape index (κ2) is 5.45. The van der Waals surface area contributed by atoms with E-state index >= 15 is 0 Å². The van der Waals surface area contributed by atoms with Crippen LogP contribution in [0.4, 0.5) is 0 Å². The summed E-state index contributed by atoms with van der Waals surface area (Å²) >= 11 is 0. The van der Waals surface area contributed by atoms with Gasteiger partial charge in [-0.05, 0) is 49.6 Å². The first kappa shape index (κ1) is 14.0. The molecule has 0 fully saturated rings. The zero-order valence-corrected chi connectivity index (χ0v) is 12.8. The second-order valence-corrected chi connectivity index (χ2v) is 5.40. The lowest BCUT2D eigenvalue weighted by atomic mass is 10.0. The molecule has 1 aromatic heterocycles. The number of aryl methyl sites for hydroxylation is 3. The summed E-state index contributed by atoms with van der Waals surface area (Å²) < 4.78 is 1.75. The maximum atomic E-state index is 9.37. The summed E-state index contributed by atoms with van der Waals surface area (Å²) in [7, 11) is 0. The van der Waals surface area contributed by atoms with Crippen molar-refractivity contribution in [3.05, 3.63) is 64.8 Å². The van der Waals surface area contributed by atoms with Gasteiger partial charge in [-0.1, -0.05) is 35.5 Å². The summed E-state index contributed by atoms with van der Waals surface area (Å²) in [5.41, 5.74) is 6.45. The van der Waals surface area contributed by atoms with Crippen LogP contribution in [0.5, 0.6) is 0 Å². The van der Waals surface area contributed by atoms with E-state index in [1.165, 1.54) is 11.1 Å². The van der Waals surface area contributed by atoms with Crippen molar-refractivity contribution in [1.82, 2.24) is 15.0 Å². The molecule has 4 heteroatoms. The molecule has 0 amide bonds. The quantitative estimate of drug-likeness (QED) is 0.722. The number of hydrogen-bond acceptors (Lipinski definition) is 3. The SMILES string of the molecule is Cc1ccc(-c2c(C#N)nnn2-c2ccccc2C)cc1C. The Hall–Kier alpha value is -2.93. The van der Waals surface area contributed by atoms with Crippen LogP contribution in [0.25, 0.3) is 16.9 Å². The van der Waals surface area contributed by atoms with Gasteiger partial charge in [0.2, 0.25) is 0 Å². The molecule has 0 aliphatic heterocycles. The van der Waals surface area contributed by atoms with Gasteiger partial charge in [-0.3, -0.25) is 0 Å². The van der Waals surface area contributed by atoms with Crippen LogP contribution in [0.2, 0.25) is 0 Å². The third kappa shape index (κ3) is 2.27. The maximum absolute atomic E-state index is 9.37. The van der Waals surface area contributed by atoms with E-state index in [1.54, 1.807) is 4.68 Å². The molecule has 0 aliphatic rings. The highest BCUT2D eigenvalue weighted by molar-refractivity contribution is 5.68. The molecule has 0 saturated heterocycles. The van der Waals surface area contributed by atoms with E-state index in [0.717, 1.165) is 22.5 Å². The van der Waals surface area contributed by atoms with E-state index in [0.29, 0.717) is 5.69 Å². The van der Waals surface area contributed by atoms with Gasteiger partial charge in [0.1, 0.15) is 11.8 Å². The van der Waals surface area contributed by atoms with Crippen LogP contribution in [-0.2, 0) is 0 Å². The Morgan fingerprint density at radius 2 is 1.73 bits per heavy atom. The smallest absolute Gasteiger partial charge is 0.191 e. The van der Waals surface area contributed by atoms with Gasteiger partial charge in [0.25, 0.3) is 0 Å². The fourth-order valence-corrected chi connectivity index (χ4v) is 2.47. The van der Waals surface area contributed by atoms with Gasteiger partial charge in [-0.25, -0.2) is 4.68 Å². The first-order valence-electron chi connectivity index (χ1n) is 7.11. The minimum Gasteiger partial charge on any atom is -0.211 e. The van der Waals surface area contributed by atoms with Crippen LogP contribution in [0, 0.1) is 32.1 Å². The third-order valence-electron chi connectivity index (χ3n) is 3.90. The van der Waals surface area contributed by atoms with Crippen LogP contribution in [-0.4, -0.2) is 15.0 Å². The predicted octanol–water partition coefficient (Wildman–Crippen LogP) is 3.73. The highest BCUT2D eigenvalue weighted by Gasteiger charge is 2.17. The van der Waals surface area contributed by atoms with E-state index in [1.807, 2.05) is 37.3 Å². The molecule has 1 heterocycles. The molecular formula is C18H16N4. The van der Waals surface area contributed by atoms with Crippen molar-refractivity contribution < 1.29 is 0 Å². The van der Waals surface area contributed by atoms with Gasteiger partial charge in [0, 0.05) is 5.56 Å². The van der Waals surface area contributed by atoms with Crippen molar-refractivity contribution in [3.63, 3.8) is 0 Å². The number of rotatable bonds is 2. The maximum Gasteiger partial charge on any atom is 0.191 e. The number of aromatic nitrogens is 3. The number of nitriles is 1. The Labute approximate surface area is 129 Å². The molecule has 22 heavy (non-hydrogen) atoms. The number of para-hydroxylation sites is 1. The Bertz CT molecular complexity index is 884. The standard InChI is InChI=1S/C18H16N4/c1-12-8-9-15(10-14(12)3)18-16(11-19)20-21-22(18)17-7-5-4-6-13(17)2/h4-10H,1-3H3. The fraction of sp³-hybridized carbons (Fsp3) is 0.167. The van der Waals surface area contributed by atoms with Crippen LogP contribution in [0.1, 0.15) is 22.4 Å². The Kier molecular flexibility index (Phi) is 3.48. The summed E-state index contributed by atoms with van der Waals surface area (Å²) in [5.74, 6) is 0. The van der Waals surface area contributed by atoms with E-state index in [4.69, 9.17) is 0 Å². The average molecular weight is 288 g/mol. The monoisotopic (exact) mass is 288 g/mol. The lowest BCUT2D eigenvalue weighted by molar-refractivity contribution is 0.802. The third-order valence-corrected chi connectivity index (χ3v) is 3.90. The summed E-state index contributed by atoms with van der Waals surface area (Å²) in [6.45, 7) is 6.15. The average Bonchev–Trinajstić information content (AvgIpc) is 2.94. The molecule has 0 radical (unpaired) electrons. The molecule has 0 bridgehead atoms. The molecule has 3 aromatic rings. The van der Waals surface area contributed by atoms with Gasteiger partial charge in [-0.2, -0.15) is 5.26 Å².